The molecule has 5 nitrogen and oxygen atoms in total. The molecule has 0 atom stereocenters. The molecule has 1 amide bonds. The summed E-state index contributed by atoms with van der Waals surface area (Å²) in [6.45, 7) is 5.33. The van der Waals surface area contributed by atoms with Crippen molar-refractivity contribution in [1.82, 2.24) is 15.2 Å². The summed E-state index contributed by atoms with van der Waals surface area (Å²) >= 11 is -0.366. The van der Waals surface area contributed by atoms with E-state index in [9.17, 15) is 18.0 Å². The number of hydrogen-bond donors (Lipinski definition) is 1. The largest absolute Gasteiger partial charge is 0.447 e. The van der Waals surface area contributed by atoms with E-state index in [1.165, 1.54) is 24.0 Å². The van der Waals surface area contributed by atoms with E-state index in [1.807, 2.05) is 18.2 Å². The number of pyridine rings is 1. The second-order valence-electron chi connectivity index (χ2n) is 7.03. The molecule has 0 saturated carbocycles. The zero-order valence-corrected chi connectivity index (χ0v) is 17.4. The number of nitrogens with one attached hydrogen (secondary N) is 1. The van der Waals surface area contributed by atoms with Crippen LogP contribution >= 0.6 is 11.8 Å². The van der Waals surface area contributed by atoms with Crippen LogP contribution in [0.5, 0.6) is 0 Å². The van der Waals surface area contributed by atoms with Gasteiger partial charge in [-0.25, -0.2) is 4.98 Å². The number of rotatable bonds is 8. The molecule has 1 aliphatic heterocycles. The van der Waals surface area contributed by atoms with Gasteiger partial charge in [-0.3, -0.25) is 9.69 Å². The van der Waals surface area contributed by atoms with Crippen LogP contribution in [0, 0.1) is 0 Å². The van der Waals surface area contributed by atoms with Crippen molar-refractivity contribution in [2.24, 2.45) is 0 Å². The molecule has 0 radical (unpaired) electrons. The molecular weight excluding hydrogens is 413 g/mol. The molecule has 2 aromatic rings. The van der Waals surface area contributed by atoms with Crippen molar-refractivity contribution in [2.75, 3.05) is 44.2 Å². The number of piperazine rings is 1. The van der Waals surface area contributed by atoms with Crippen molar-refractivity contribution in [1.29, 1.82) is 0 Å². The van der Waals surface area contributed by atoms with Gasteiger partial charge in [0, 0.05) is 56.4 Å². The third kappa shape index (κ3) is 6.91. The molecule has 3 rings (SSSR count). The molecule has 1 aliphatic rings. The zero-order chi connectivity index (χ0) is 21.4. The molecule has 1 saturated heterocycles. The number of aromatic nitrogens is 1. The molecule has 2 heterocycles. The standard InChI is InChI=1S/C21H25F3N4OS/c22-21(23,24)30-20-18(9-6-11-26-20)19(29)25-10-4-5-12-27-13-15-28(16-14-27)17-7-2-1-3-8-17/h1-3,6-9,11H,4-5,10,12-16H2,(H,25,29). The number of benzene rings is 1. The number of amides is 1. The maximum absolute atomic E-state index is 12.6. The van der Waals surface area contributed by atoms with Crippen molar-refractivity contribution < 1.29 is 18.0 Å². The summed E-state index contributed by atoms with van der Waals surface area (Å²) < 4.78 is 37.9. The summed E-state index contributed by atoms with van der Waals surface area (Å²) in [5, 5.41) is 2.38. The van der Waals surface area contributed by atoms with Gasteiger partial charge in [-0.05, 0) is 43.7 Å². The van der Waals surface area contributed by atoms with Crippen molar-refractivity contribution in [3.05, 3.63) is 54.2 Å². The normalized spacial score (nSPS) is 15.2. The fraction of sp³-hybridized carbons (Fsp3) is 0.429. The number of para-hydroxylation sites is 1. The minimum absolute atomic E-state index is 0.0446. The Morgan fingerprint density at radius 1 is 1.03 bits per heavy atom. The molecular formula is C21H25F3N4OS. The lowest BCUT2D eigenvalue weighted by Gasteiger charge is -2.36. The molecule has 30 heavy (non-hydrogen) atoms. The maximum Gasteiger partial charge on any atom is 0.447 e. The first-order valence-corrected chi connectivity index (χ1v) is 10.8. The van der Waals surface area contributed by atoms with E-state index in [4.69, 9.17) is 0 Å². The monoisotopic (exact) mass is 438 g/mol. The first-order valence-electron chi connectivity index (χ1n) is 9.94. The van der Waals surface area contributed by atoms with Crippen molar-refractivity contribution in [3.63, 3.8) is 0 Å². The number of hydrogen-bond acceptors (Lipinski definition) is 5. The Bertz CT molecular complexity index is 811. The Morgan fingerprint density at radius 2 is 1.77 bits per heavy atom. The van der Waals surface area contributed by atoms with Crippen LogP contribution < -0.4 is 10.2 Å². The van der Waals surface area contributed by atoms with E-state index in [2.05, 4.69) is 32.2 Å². The quantitative estimate of drug-likeness (QED) is 0.498. The zero-order valence-electron chi connectivity index (χ0n) is 16.6. The summed E-state index contributed by atoms with van der Waals surface area (Å²) in [5.41, 5.74) is -3.27. The Morgan fingerprint density at radius 3 is 2.47 bits per heavy atom. The van der Waals surface area contributed by atoms with Crippen LogP contribution in [0.3, 0.4) is 0 Å². The van der Waals surface area contributed by atoms with Gasteiger partial charge in [-0.15, -0.1) is 0 Å². The second kappa shape index (κ2) is 10.7. The smallest absolute Gasteiger partial charge is 0.369 e. The van der Waals surface area contributed by atoms with Crippen LogP contribution in [-0.2, 0) is 0 Å². The van der Waals surface area contributed by atoms with Crippen molar-refractivity contribution in [2.45, 2.75) is 23.4 Å². The predicted octanol–water partition coefficient (Wildman–Crippen LogP) is 4.03. The van der Waals surface area contributed by atoms with E-state index in [1.54, 1.807) is 0 Å². The summed E-state index contributed by atoms with van der Waals surface area (Å²) in [7, 11) is 0. The van der Waals surface area contributed by atoms with E-state index in [0.29, 0.717) is 6.54 Å². The SMILES string of the molecule is O=C(NCCCCN1CCN(c2ccccc2)CC1)c1cccnc1SC(F)(F)F. The number of unbranched alkanes of at least 4 members (excludes halogenated alkanes) is 1. The maximum atomic E-state index is 12.6. The van der Waals surface area contributed by atoms with Crippen LogP contribution in [0.15, 0.2) is 53.7 Å². The second-order valence-corrected chi connectivity index (χ2v) is 8.08. The number of carbonyl (C=O) groups excluding carboxylic acids is 1. The van der Waals surface area contributed by atoms with E-state index >= 15 is 0 Å². The summed E-state index contributed by atoms with van der Waals surface area (Å²) in [5.74, 6) is -0.522. The Labute approximate surface area is 178 Å². The van der Waals surface area contributed by atoms with Gasteiger partial charge in [-0.2, -0.15) is 13.2 Å². The molecule has 162 valence electrons. The van der Waals surface area contributed by atoms with E-state index in [0.717, 1.165) is 45.6 Å². The van der Waals surface area contributed by atoms with Gasteiger partial charge in [0.2, 0.25) is 0 Å². The van der Waals surface area contributed by atoms with Crippen molar-refractivity contribution in [3.8, 4) is 0 Å². The average molecular weight is 439 g/mol. The third-order valence-corrected chi connectivity index (χ3v) is 5.66. The highest BCUT2D eigenvalue weighted by Gasteiger charge is 2.32. The Hall–Kier alpha value is -2.26. The Kier molecular flexibility index (Phi) is 7.98. The third-order valence-electron chi connectivity index (χ3n) is 4.91. The minimum Gasteiger partial charge on any atom is -0.369 e. The van der Waals surface area contributed by atoms with Gasteiger partial charge in [0.15, 0.2) is 0 Å². The topological polar surface area (TPSA) is 48.5 Å². The van der Waals surface area contributed by atoms with Gasteiger partial charge in [0.25, 0.3) is 5.91 Å². The van der Waals surface area contributed by atoms with Gasteiger partial charge < -0.3 is 10.2 Å². The minimum atomic E-state index is -4.48. The van der Waals surface area contributed by atoms with Crippen LogP contribution in [-0.4, -0.2) is 60.6 Å². The van der Waals surface area contributed by atoms with Crippen LogP contribution in [0.2, 0.25) is 0 Å². The van der Waals surface area contributed by atoms with Crippen molar-refractivity contribution >= 4 is 23.4 Å². The highest BCUT2D eigenvalue weighted by Crippen LogP contribution is 2.37. The fourth-order valence-electron chi connectivity index (χ4n) is 3.38. The average Bonchev–Trinajstić information content (AvgIpc) is 2.74. The number of alkyl halides is 3. The van der Waals surface area contributed by atoms with Crippen LogP contribution in [0.1, 0.15) is 23.2 Å². The number of anilines is 1. The summed E-state index contributed by atoms with van der Waals surface area (Å²) in [6, 6.07) is 13.2. The molecule has 1 N–H and O–H groups in total. The molecule has 9 heteroatoms. The number of halogens is 3. The molecule has 0 unspecified atom stereocenters. The molecule has 1 fully saturated rings. The lowest BCUT2D eigenvalue weighted by Crippen LogP contribution is -2.46. The lowest BCUT2D eigenvalue weighted by atomic mass is 10.2. The Balaban J connectivity index is 1.35. The number of nitrogens with zero attached hydrogens (tertiary/aromatic N) is 3. The molecule has 0 bridgehead atoms. The molecule has 0 spiro atoms. The molecule has 0 aliphatic carbocycles. The van der Waals surface area contributed by atoms with Crippen LogP contribution in [0.25, 0.3) is 0 Å². The highest BCUT2D eigenvalue weighted by molar-refractivity contribution is 8.00. The number of carbonyl (C=O) groups is 1. The first kappa shape index (κ1) is 22.4. The van der Waals surface area contributed by atoms with Crippen LogP contribution in [0.4, 0.5) is 18.9 Å². The number of thioether (sulfide) groups is 1. The molecule has 1 aromatic heterocycles. The van der Waals surface area contributed by atoms with E-state index < -0.39 is 11.4 Å². The molecule has 1 aromatic carbocycles. The summed E-state index contributed by atoms with van der Waals surface area (Å²) in [6.07, 6.45) is 2.94. The highest BCUT2D eigenvalue weighted by atomic mass is 32.2. The van der Waals surface area contributed by atoms with Gasteiger partial charge >= 0.3 is 5.51 Å². The van der Waals surface area contributed by atoms with Gasteiger partial charge in [-0.1, -0.05) is 18.2 Å². The predicted molar refractivity (Wildman–Crippen MR) is 113 cm³/mol. The van der Waals surface area contributed by atoms with Gasteiger partial charge in [0.1, 0.15) is 5.03 Å². The first-order chi connectivity index (χ1) is 14.4. The summed E-state index contributed by atoms with van der Waals surface area (Å²) in [4.78, 5) is 20.7. The fourth-order valence-corrected chi connectivity index (χ4v) is 3.98. The van der Waals surface area contributed by atoms with Gasteiger partial charge in [0.05, 0.1) is 5.56 Å². The van der Waals surface area contributed by atoms with E-state index in [-0.39, 0.29) is 22.4 Å². The lowest BCUT2D eigenvalue weighted by molar-refractivity contribution is -0.0329.